The summed E-state index contributed by atoms with van der Waals surface area (Å²) in [6.07, 6.45) is 2.71. The second kappa shape index (κ2) is 5.39. The van der Waals surface area contributed by atoms with Gasteiger partial charge in [0.25, 0.3) is 0 Å². The number of carbonyl (C=O) groups is 2. The van der Waals surface area contributed by atoms with Crippen LogP contribution in [-0.4, -0.2) is 22.6 Å². The molecule has 0 radical (unpaired) electrons. The molecule has 2 rings (SSSR count). The van der Waals surface area contributed by atoms with Gasteiger partial charge in [0.2, 0.25) is 0 Å². The highest BCUT2D eigenvalue weighted by atomic mass is 32.1. The predicted molar refractivity (Wildman–Crippen MR) is 68.5 cm³/mol. The molecule has 1 fully saturated rings. The number of carbonyl (C=O) groups excluding carboxylic acids is 1. The number of carboxylic acids is 1. The number of amides is 2. The number of hydrogen-bond donors (Lipinski definition) is 3. The van der Waals surface area contributed by atoms with E-state index in [4.69, 9.17) is 0 Å². The van der Waals surface area contributed by atoms with E-state index in [1.54, 1.807) is 11.3 Å². The SMILES string of the molecule is O=C(NCc1cccs1)NC1(C(=O)O)CCCC1. The third-order valence-electron chi connectivity index (χ3n) is 3.22. The molecular weight excluding hydrogens is 252 g/mol. The Labute approximate surface area is 109 Å². The zero-order valence-electron chi connectivity index (χ0n) is 9.94. The van der Waals surface area contributed by atoms with E-state index >= 15 is 0 Å². The molecule has 0 aromatic carbocycles. The van der Waals surface area contributed by atoms with Gasteiger partial charge in [0, 0.05) is 4.88 Å². The van der Waals surface area contributed by atoms with Crippen molar-refractivity contribution in [3.63, 3.8) is 0 Å². The van der Waals surface area contributed by atoms with Crippen LogP contribution in [0.1, 0.15) is 30.6 Å². The fraction of sp³-hybridized carbons (Fsp3) is 0.500. The van der Waals surface area contributed by atoms with Crippen LogP contribution in [0.2, 0.25) is 0 Å². The molecule has 1 aliphatic rings. The Morgan fingerprint density at radius 2 is 2.11 bits per heavy atom. The Kier molecular flexibility index (Phi) is 3.86. The second-order valence-corrected chi connectivity index (χ2v) is 5.51. The summed E-state index contributed by atoms with van der Waals surface area (Å²) in [6.45, 7) is 0.430. The minimum atomic E-state index is -1.07. The maximum Gasteiger partial charge on any atom is 0.329 e. The van der Waals surface area contributed by atoms with Crippen LogP contribution in [0.15, 0.2) is 17.5 Å². The Hall–Kier alpha value is -1.56. The van der Waals surface area contributed by atoms with Crippen molar-refractivity contribution in [3.05, 3.63) is 22.4 Å². The standard InChI is InChI=1S/C12H16N2O3S/c15-10(16)12(5-1-2-6-12)14-11(17)13-8-9-4-3-7-18-9/h3-4,7H,1-2,5-6,8H2,(H,15,16)(H2,13,14,17). The van der Waals surface area contributed by atoms with Gasteiger partial charge in [-0.2, -0.15) is 0 Å². The van der Waals surface area contributed by atoms with Gasteiger partial charge in [0.1, 0.15) is 5.54 Å². The van der Waals surface area contributed by atoms with Crippen LogP contribution in [0.3, 0.4) is 0 Å². The van der Waals surface area contributed by atoms with Crippen molar-refractivity contribution in [1.29, 1.82) is 0 Å². The van der Waals surface area contributed by atoms with Crippen molar-refractivity contribution < 1.29 is 14.7 Å². The molecule has 0 saturated heterocycles. The van der Waals surface area contributed by atoms with Crippen molar-refractivity contribution in [2.45, 2.75) is 37.8 Å². The summed E-state index contributed by atoms with van der Waals surface area (Å²) >= 11 is 1.55. The lowest BCUT2D eigenvalue weighted by molar-refractivity contribution is -0.144. The topological polar surface area (TPSA) is 78.4 Å². The molecule has 18 heavy (non-hydrogen) atoms. The molecule has 1 aromatic heterocycles. The average molecular weight is 268 g/mol. The second-order valence-electron chi connectivity index (χ2n) is 4.48. The van der Waals surface area contributed by atoms with E-state index in [1.165, 1.54) is 0 Å². The lowest BCUT2D eigenvalue weighted by Crippen LogP contribution is -2.55. The zero-order valence-corrected chi connectivity index (χ0v) is 10.8. The first-order valence-electron chi connectivity index (χ1n) is 5.94. The number of thiophene rings is 1. The summed E-state index contributed by atoms with van der Waals surface area (Å²) in [5.41, 5.74) is -1.07. The summed E-state index contributed by atoms with van der Waals surface area (Å²) in [4.78, 5) is 24.0. The molecule has 1 aliphatic carbocycles. The van der Waals surface area contributed by atoms with Gasteiger partial charge in [-0.3, -0.25) is 0 Å². The van der Waals surface area contributed by atoms with Gasteiger partial charge in [0.15, 0.2) is 0 Å². The van der Waals surface area contributed by atoms with E-state index in [-0.39, 0.29) is 0 Å². The minimum absolute atomic E-state index is 0.410. The quantitative estimate of drug-likeness (QED) is 0.781. The first-order valence-corrected chi connectivity index (χ1v) is 6.82. The largest absolute Gasteiger partial charge is 0.480 e. The van der Waals surface area contributed by atoms with E-state index in [9.17, 15) is 14.7 Å². The van der Waals surface area contributed by atoms with Crippen molar-refractivity contribution in [1.82, 2.24) is 10.6 Å². The number of aliphatic carboxylic acids is 1. The Bertz CT molecular complexity index is 425. The molecule has 1 heterocycles. The van der Waals surface area contributed by atoms with Gasteiger partial charge in [0.05, 0.1) is 6.54 Å². The summed E-state index contributed by atoms with van der Waals surface area (Å²) in [5.74, 6) is -0.939. The van der Waals surface area contributed by atoms with Crippen LogP contribution in [0.5, 0.6) is 0 Å². The lowest BCUT2D eigenvalue weighted by Gasteiger charge is -2.25. The van der Waals surface area contributed by atoms with Crippen LogP contribution in [-0.2, 0) is 11.3 Å². The molecule has 6 heteroatoms. The van der Waals surface area contributed by atoms with Gasteiger partial charge in [-0.15, -0.1) is 11.3 Å². The zero-order chi connectivity index (χ0) is 13.0. The molecule has 1 saturated carbocycles. The Morgan fingerprint density at radius 1 is 1.39 bits per heavy atom. The average Bonchev–Trinajstić information content (AvgIpc) is 2.97. The highest BCUT2D eigenvalue weighted by Crippen LogP contribution is 2.29. The number of rotatable bonds is 4. The Balaban J connectivity index is 1.88. The van der Waals surface area contributed by atoms with Crippen molar-refractivity contribution in [3.8, 4) is 0 Å². The summed E-state index contributed by atoms with van der Waals surface area (Å²) in [5, 5.41) is 16.5. The summed E-state index contributed by atoms with van der Waals surface area (Å²) in [7, 11) is 0. The minimum Gasteiger partial charge on any atom is -0.480 e. The molecule has 0 aliphatic heterocycles. The summed E-state index contributed by atoms with van der Waals surface area (Å²) < 4.78 is 0. The third kappa shape index (κ3) is 2.81. The fourth-order valence-electron chi connectivity index (χ4n) is 2.21. The van der Waals surface area contributed by atoms with Crippen molar-refractivity contribution >= 4 is 23.3 Å². The summed E-state index contributed by atoms with van der Waals surface area (Å²) in [6, 6.07) is 3.43. The first kappa shape index (κ1) is 12.9. The van der Waals surface area contributed by atoms with E-state index in [2.05, 4.69) is 10.6 Å². The number of hydrogen-bond acceptors (Lipinski definition) is 3. The smallest absolute Gasteiger partial charge is 0.329 e. The Morgan fingerprint density at radius 3 is 2.67 bits per heavy atom. The molecule has 0 bridgehead atoms. The highest BCUT2D eigenvalue weighted by Gasteiger charge is 2.42. The van der Waals surface area contributed by atoms with Crippen LogP contribution < -0.4 is 10.6 Å². The molecule has 0 atom stereocenters. The highest BCUT2D eigenvalue weighted by molar-refractivity contribution is 7.09. The third-order valence-corrected chi connectivity index (χ3v) is 4.10. The predicted octanol–water partition coefficient (Wildman–Crippen LogP) is 1.94. The van der Waals surface area contributed by atoms with Crippen LogP contribution in [0.4, 0.5) is 4.79 Å². The van der Waals surface area contributed by atoms with Crippen LogP contribution in [0, 0.1) is 0 Å². The fourth-order valence-corrected chi connectivity index (χ4v) is 2.86. The molecule has 0 unspecified atom stereocenters. The molecule has 1 aromatic rings. The first-order chi connectivity index (χ1) is 8.62. The van der Waals surface area contributed by atoms with Crippen LogP contribution in [0.25, 0.3) is 0 Å². The van der Waals surface area contributed by atoms with E-state index < -0.39 is 17.5 Å². The molecule has 0 spiro atoms. The van der Waals surface area contributed by atoms with Gasteiger partial charge in [-0.05, 0) is 24.3 Å². The normalized spacial score (nSPS) is 17.3. The van der Waals surface area contributed by atoms with Crippen molar-refractivity contribution in [2.75, 3.05) is 0 Å². The number of urea groups is 1. The van der Waals surface area contributed by atoms with Gasteiger partial charge in [-0.1, -0.05) is 18.9 Å². The molecular formula is C12H16N2O3S. The van der Waals surface area contributed by atoms with Crippen LogP contribution >= 0.6 is 11.3 Å². The molecule has 5 nitrogen and oxygen atoms in total. The molecule has 3 N–H and O–H groups in total. The van der Waals surface area contributed by atoms with Gasteiger partial charge >= 0.3 is 12.0 Å². The molecule has 98 valence electrons. The maximum absolute atomic E-state index is 11.7. The van der Waals surface area contributed by atoms with Gasteiger partial charge < -0.3 is 15.7 Å². The number of nitrogens with one attached hydrogen (secondary N) is 2. The van der Waals surface area contributed by atoms with E-state index in [0.717, 1.165) is 17.7 Å². The monoisotopic (exact) mass is 268 g/mol. The lowest BCUT2D eigenvalue weighted by atomic mass is 9.98. The maximum atomic E-state index is 11.7. The van der Waals surface area contributed by atoms with E-state index in [1.807, 2.05) is 17.5 Å². The molecule has 2 amide bonds. The number of carboxylic acid groups (broad SMARTS) is 1. The van der Waals surface area contributed by atoms with Gasteiger partial charge in [-0.25, -0.2) is 9.59 Å². The van der Waals surface area contributed by atoms with Crippen molar-refractivity contribution in [2.24, 2.45) is 0 Å². The van der Waals surface area contributed by atoms with E-state index in [0.29, 0.717) is 19.4 Å².